The monoisotopic (exact) mass is 246 g/mol. The molecule has 0 saturated carbocycles. The molecule has 0 saturated heterocycles. The van der Waals surface area contributed by atoms with Crippen molar-refractivity contribution in [2.24, 2.45) is 5.73 Å². The van der Waals surface area contributed by atoms with Crippen LogP contribution in [0.5, 0.6) is 0 Å². The van der Waals surface area contributed by atoms with Crippen LogP contribution in [-0.2, 0) is 0 Å². The first kappa shape index (κ1) is 14.9. The molecule has 1 unspecified atom stereocenters. The fourth-order valence-electron chi connectivity index (χ4n) is 1.15. The molecule has 16 heavy (non-hydrogen) atoms. The highest BCUT2D eigenvalue weighted by molar-refractivity contribution is 5.94. The molecule has 0 aliphatic heterocycles. The van der Waals surface area contributed by atoms with Crippen molar-refractivity contribution < 1.29 is 9.18 Å². The van der Waals surface area contributed by atoms with Crippen LogP contribution in [0, 0.1) is 5.82 Å². The number of nitrogens with two attached hydrogens (primary N) is 1. The number of hydrogen-bond donors (Lipinski definition) is 2. The summed E-state index contributed by atoms with van der Waals surface area (Å²) < 4.78 is 12.8. The number of benzene rings is 1. The normalized spacial score (nSPS) is 11.4. The fraction of sp³-hybridized carbons (Fsp3) is 0.364. The van der Waals surface area contributed by atoms with Gasteiger partial charge in [-0.1, -0.05) is 6.07 Å². The van der Waals surface area contributed by atoms with Crippen molar-refractivity contribution in [3.8, 4) is 0 Å². The Labute approximate surface area is 101 Å². The molecule has 5 heteroatoms. The largest absolute Gasteiger partial charge is 0.352 e. The molecule has 0 bridgehead atoms. The van der Waals surface area contributed by atoms with E-state index < -0.39 is 5.82 Å². The summed E-state index contributed by atoms with van der Waals surface area (Å²) in [6.45, 7) is 2.38. The lowest BCUT2D eigenvalue weighted by molar-refractivity contribution is 0.0952. The Hall–Kier alpha value is -1.13. The minimum Gasteiger partial charge on any atom is -0.352 e. The van der Waals surface area contributed by atoms with E-state index in [2.05, 4.69) is 5.32 Å². The number of carbonyl (C=O) groups excluding carboxylic acids is 1. The number of rotatable bonds is 4. The lowest BCUT2D eigenvalue weighted by atomic mass is 10.2. The standard InChI is InChI=1S/C11H15FN2O.ClH/c1-8(13)5-6-14-11(15)9-3-2-4-10(12)7-9;/h2-4,7-8H,5-6,13H2,1H3,(H,14,15);1H. The van der Waals surface area contributed by atoms with E-state index in [1.165, 1.54) is 18.2 Å². The molecule has 1 rings (SSSR count). The van der Waals surface area contributed by atoms with Crippen LogP contribution in [0.1, 0.15) is 23.7 Å². The van der Waals surface area contributed by atoms with Crippen LogP contribution >= 0.6 is 12.4 Å². The molecule has 3 N–H and O–H groups in total. The second-order valence-electron chi connectivity index (χ2n) is 3.53. The van der Waals surface area contributed by atoms with Crippen molar-refractivity contribution in [3.63, 3.8) is 0 Å². The van der Waals surface area contributed by atoms with Crippen LogP contribution in [0.15, 0.2) is 24.3 Å². The zero-order valence-corrected chi connectivity index (χ0v) is 9.89. The third kappa shape index (κ3) is 5.09. The van der Waals surface area contributed by atoms with Gasteiger partial charge < -0.3 is 11.1 Å². The van der Waals surface area contributed by atoms with E-state index in [-0.39, 0.29) is 24.4 Å². The van der Waals surface area contributed by atoms with Gasteiger partial charge in [-0.25, -0.2) is 4.39 Å². The molecule has 1 aromatic rings. The molecule has 0 aliphatic rings. The van der Waals surface area contributed by atoms with Crippen molar-refractivity contribution in [1.82, 2.24) is 5.32 Å². The first-order valence-corrected chi connectivity index (χ1v) is 4.89. The molecule has 1 atom stereocenters. The van der Waals surface area contributed by atoms with Crippen LogP contribution < -0.4 is 11.1 Å². The zero-order valence-electron chi connectivity index (χ0n) is 9.07. The maximum absolute atomic E-state index is 12.8. The summed E-state index contributed by atoms with van der Waals surface area (Å²) >= 11 is 0. The van der Waals surface area contributed by atoms with Crippen LogP contribution in [0.3, 0.4) is 0 Å². The van der Waals surface area contributed by atoms with Crippen molar-refractivity contribution in [2.75, 3.05) is 6.54 Å². The summed E-state index contributed by atoms with van der Waals surface area (Å²) in [5.41, 5.74) is 5.86. The Kier molecular flexibility index (Phi) is 6.69. The van der Waals surface area contributed by atoms with Gasteiger partial charge in [0.05, 0.1) is 0 Å². The highest BCUT2D eigenvalue weighted by atomic mass is 35.5. The first-order chi connectivity index (χ1) is 7.09. The summed E-state index contributed by atoms with van der Waals surface area (Å²) in [4.78, 5) is 11.5. The van der Waals surface area contributed by atoms with E-state index in [0.29, 0.717) is 18.5 Å². The lowest BCUT2D eigenvalue weighted by Gasteiger charge is -2.07. The summed E-state index contributed by atoms with van der Waals surface area (Å²) in [6, 6.07) is 5.65. The third-order valence-corrected chi connectivity index (χ3v) is 1.97. The summed E-state index contributed by atoms with van der Waals surface area (Å²) in [6.07, 6.45) is 0.709. The molecule has 0 spiro atoms. The van der Waals surface area contributed by atoms with Gasteiger partial charge in [0.1, 0.15) is 5.82 Å². The average molecular weight is 247 g/mol. The third-order valence-electron chi connectivity index (χ3n) is 1.97. The summed E-state index contributed by atoms with van der Waals surface area (Å²) in [5, 5.41) is 2.67. The molecule has 0 aromatic heterocycles. The predicted octanol–water partition coefficient (Wildman–Crippen LogP) is 1.71. The quantitative estimate of drug-likeness (QED) is 0.850. The van der Waals surface area contributed by atoms with E-state index in [0.717, 1.165) is 0 Å². The highest BCUT2D eigenvalue weighted by Crippen LogP contribution is 2.02. The van der Waals surface area contributed by atoms with E-state index in [1.807, 2.05) is 6.92 Å². The van der Waals surface area contributed by atoms with E-state index in [9.17, 15) is 9.18 Å². The molecule has 90 valence electrons. The van der Waals surface area contributed by atoms with Gasteiger partial charge in [-0.05, 0) is 31.5 Å². The molecule has 0 fully saturated rings. The minimum atomic E-state index is -0.408. The van der Waals surface area contributed by atoms with Crippen LogP contribution in [0.4, 0.5) is 4.39 Å². The Balaban J connectivity index is 0.00000225. The molecule has 3 nitrogen and oxygen atoms in total. The number of carbonyl (C=O) groups is 1. The average Bonchev–Trinajstić information content (AvgIpc) is 2.17. The number of halogens is 2. The second kappa shape index (κ2) is 7.19. The van der Waals surface area contributed by atoms with E-state index >= 15 is 0 Å². The Bertz CT molecular complexity index is 345. The van der Waals surface area contributed by atoms with E-state index in [1.54, 1.807) is 6.07 Å². The van der Waals surface area contributed by atoms with Crippen LogP contribution in [-0.4, -0.2) is 18.5 Å². The smallest absolute Gasteiger partial charge is 0.251 e. The van der Waals surface area contributed by atoms with Gasteiger partial charge in [0.25, 0.3) is 5.91 Å². The Morgan fingerprint density at radius 3 is 2.81 bits per heavy atom. The van der Waals surface area contributed by atoms with Gasteiger partial charge in [-0.15, -0.1) is 12.4 Å². The Morgan fingerprint density at radius 1 is 1.56 bits per heavy atom. The van der Waals surface area contributed by atoms with Gasteiger partial charge in [0.15, 0.2) is 0 Å². The van der Waals surface area contributed by atoms with Gasteiger partial charge in [-0.2, -0.15) is 0 Å². The summed E-state index contributed by atoms with van der Waals surface area (Å²) in [7, 11) is 0. The topological polar surface area (TPSA) is 55.1 Å². The number of hydrogen-bond acceptors (Lipinski definition) is 2. The highest BCUT2D eigenvalue weighted by Gasteiger charge is 2.05. The minimum absolute atomic E-state index is 0. The number of amides is 1. The number of nitrogens with one attached hydrogen (secondary N) is 1. The van der Waals surface area contributed by atoms with Gasteiger partial charge in [0, 0.05) is 18.2 Å². The van der Waals surface area contributed by atoms with Crippen molar-refractivity contribution in [1.29, 1.82) is 0 Å². The molecule has 1 amide bonds. The molecule has 0 aliphatic carbocycles. The predicted molar refractivity (Wildman–Crippen MR) is 64.2 cm³/mol. The maximum atomic E-state index is 12.8. The fourth-order valence-corrected chi connectivity index (χ4v) is 1.15. The molecular weight excluding hydrogens is 231 g/mol. The van der Waals surface area contributed by atoms with E-state index in [4.69, 9.17) is 5.73 Å². The van der Waals surface area contributed by atoms with Gasteiger partial charge in [0.2, 0.25) is 0 Å². The first-order valence-electron chi connectivity index (χ1n) is 4.89. The van der Waals surface area contributed by atoms with Crippen molar-refractivity contribution in [2.45, 2.75) is 19.4 Å². The maximum Gasteiger partial charge on any atom is 0.251 e. The molecule has 1 aromatic carbocycles. The molecule has 0 heterocycles. The molecular formula is C11H16ClFN2O. The zero-order chi connectivity index (χ0) is 11.3. The van der Waals surface area contributed by atoms with Crippen molar-refractivity contribution in [3.05, 3.63) is 35.6 Å². The van der Waals surface area contributed by atoms with Crippen molar-refractivity contribution >= 4 is 18.3 Å². The van der Waals surface area contributed by atoms with Gasteiger partial charge >= 0.3 is 0 Å². The lowest BCUT2D eigenvalue weighted by Crippen LogP contribution is -2.28. The van der Waals surface area contributed by atoms with Crippen LogP contribution in [0.25, 0.3) is 0 Å². The van der Waals surface area contributed by atoms with Crippen LogP contribution in [0.2, 0.25) is 0 Å². The SMILES string of the molecule is CC(N)CCNC(=O)c1cccc(F)c1.Cl. The summed E-state index contributed by atoms with van der Waals surface area (Å²) in [5.74, 6) is -0.676. The Morgan fingerprint density at radius 2 is 2.25 bits per heavy atom. The molecule has 0 radical (unpaired) electrons. The second-order valence-corrected chi connectivity index (χ2v) is 3.53. The van der Waals surface area contributed by atoms with Gasteiger partial charge in [-0.3, -0.25) is 4.79 Å².